The van der Waals surface area contributed by atoms with Crippen LogP contribution in [0, 0.1) is 6.92 Å². The van der Waals surface area contributed by atoms with Gasteiger partial charge >= 0.3 is 0 Å². The second kappa shape index (κ2) is 9.08. The Bertz CT molecular complexity index is 796. The van der Waals surface area contributed by atoms with Gasteiger partial charge in [-0.2, -0.15) is 0 Å². The predicted molar refractivity (Wildman–Crippen MR) is 107 cm³/mol. The molecule has 0 aliphatic heterocycles. The van der Waals surface area contributed by atoms with Crippen molar-refractivity contribution in [3.05, 3.63) is 47.3 Å². The summed E-state index contributed by atoms with van der Waals surface area (Å²) in [7, 11) is 0. The van der Waals surface area contributed by atoms with E-state index in [1.54, 1.807) is 11.0 Å². The molecular formula is C20H27N3O3S. The third-order valence-corrected chi connectivity index (χ3v) is 4.78. The molecule has 6 nitrogen and oxygen atoms in total. The molecular weight excluding hydrogens is 362 g/mol. The lowest BCUT2D eigenvalue weighted by Gasteiger charge is -2.25. The van der Waals surface area contributed by atoms with E-state index in [0.717, 1.165) is 16.3 Å². The maximum absolute atomic E-state index is 13.0. The maximum atomic E-state index is 13.0. The maximum Gasteiger partial charge on any atom is 0.255 e. The van der Waals surface area contributed by atoms with Gasteiger partial charge < -0.3 is 14.7 Å². The first-order valence-corrected chi connectivity index (χ1v) is 9.92. The van der Waals surface area contributed by atoms with Crippen LogP contribution >= 0.6 is 11.8 Å². The fourth-order valence-corrected chi connectivity index (χ4v) is 3.45. The van der Waals surface area contributed by atoms with Crippen LogP contribution in [0.5, 0.6) is 0 Å². The number of thioether (sulfide) groups is 1. The summed E-state index contributed by atoms with van der Waals surface area (Å²) in [5.74, 6) is 1.02. The zero-order chi connectivity index (χ0) is 20.0. The molecule has 1 aromatic carbocycles. The number of hydrogen-bond acceptors (Lipinski definition) is 5. The van der Waals surface area contributed by atoms with Crippen molar-refractivity contribution in [1.82, 2.24) is 15.4 Å². The van der Waals surface area contributed by atoms with Crippen LogP contribution in [0.25, 0.3) is 0 Å². The molecule has 27 heavy (non-hydrogen) atoms. The molecule has 0 radical (unpaired) electrons. The molecule has 0 saturated heterocycles. The van der Waals surface area contributed by atoms with Gasteiger partial charge in [-0.1, -0.05) is 17.3 Å². The van der Waals surface area contributed by atoms with Crippen LogP contribution in [-0.4, -0.2) is 40.5 Å². The Kier molecular flexibility index (Phi) is 7.07. The number of rotatable bonds is 7. The van der Waals surface area contributed by atoms with Crippen molar-refractivity contribution >= 4 is 23.6 Å². The Hall–Kier alpha value is -2.28. The lowest BCUT2D eigenvalue weighted by molar-refractivity contribution is -0.123. The highest BCUT2D eigenvalue weighted by molar-refractivity contribution is 7.98. The molecule has 1 aromatic heterocycles. The average Bonchev–Trinajstić information content (AvgIpc) is 3.01. The number of carbonyl (C=O) groups excluding carboxylic acids is 2. The number of hydrogen-bond donors (Lipinski definition) is 1. The number of benzene rings is 1. The Morgan fingerprint density at radius 3 is 2.56 bits per heavy atom. The molecule has 0 spiro atoms. The second-order valence-corrected chi connectivity index (χ2v) is 8.35. The number of likely N-dealkylation sites (N-methyl/N-ethyl adjacent to an activating group) is 1. The standard InChI is InChI=1S/C20H27N3O3S/c1-6-23(12-18(24)21-20(3,4)5)19(25)16-9-7-8-10-17(16)27-13-15-11-14(2)22-26-15/h7-11H,6,12-13H2,1-5H3,(H,21,24). The highest BCUT2D eigenvalue weighted by atomic mass is 32.2. The van der Waals surface area contributed by atoms with Crippen LogP contribution in [0.4, 0.5) is 0 Å². The van der Waals surface area contributed by atoms with Crippen molar-refractivity contribution in [3.63, 3.8) is 0 Å². The molecule has 1 heterocycles. The van der Waals surface area contributed by atoms with Gasteiger partial charge in [0, 0.05) is 23.0 Å². The highest BCUT2D eigenvalue weighted by Gasteiger charge is 2.22. The fourth-order valence-electron chi connectivity index (χ4n) is 2.53. The van der Waals surface area contributed by atoms with E-state index < -0.39 is 0 Å². The number of nitrogens with zero attached hydrogens (tertiary/aromatic N) is 2. The average molecular weight is 390 g/mol. The van der Waals surface area contributed by atoms with Gasteiger partial charge in [-0.05, 0) is 46.8 Å². The molecule has 0 aliphatic carbocycles. The van der Waals surface area contributed by atoms with E-state index in [1.165, 1.54) is 11.8 Å². The summed E-state index contributed by atoms with van der Waals surface area (Å²) >= 11 is 1.52. The first kappa shape index (κ1) is 21.0. The minimum Gasteiger partial charge on any atom is -0.360 e. The minimum absolute atomic E-state index is 0.0346. The molecule has 7 heteroatoms. The Morgan fingerprint density at radius 2 is 1.96 bits per heavy atom. The number of aromatic nitrogens is 1. The van der Waals surface area contributed by atoms with E-state index >= 15 is 0 Å². The molecule has 0 fully saturated rings. The molecule has 0 saturated carbocycles. The zero-order valence-corrected chi connectivity index (χ0v) is 17.4. The van der Waals surface area contributed by atoms with Crippen LogP contribution < -0.4 is 5.32 Å². The largest absolute Gasteiger partial charge is 0.360 e. The monoisotopic (exact) mass is 389 g/mol. The lowest BCUT2D eigenvalue weighted by atomic mass is 10.1. The summed E-state index contributed by atoms with van der Waals surface area (Å²) in [6.45, 7) is 9.98. The topological polar surface area (TPSA) is 75.4 Å². The Morgan fingerprint density at radius 1 is 1.26 bits per heavy atom. The number of nitrogens with one attached hydrogen (secondary N) is 1. The summed E-state index contributed by atoms with van der Waals surface area (Å²) < 4.78 is 5.23. The molecule has 2 amide bonds. The molecule has 2 aromatic rings. The predicted octanol–water partition coefficient (Wildman–Crippen LogP) is 3.65. The lowest BCUT2D eigenvalue weighted by Crippen LogP contribution is -2.47. The van der Waals surface area contributed by atoms with Crippen molar-refractivity contribution in [2.45, 2.75) is 50.8 Å². The van der Waals surface area contributed by atoms with E-state index in [4.69, 9.17) is 4.52 Å². The van der Waals surface area contributed by atoms with E-state index in [9.17, 15) is 9.59 Å². The van der Waals surface area contributed by atoms with Gasteiger partial charge in [0.1, 0.15) is 5.76 Å². The molecule has 0 atom stereocenters. The van der Waals surface area contributed by atoms with Crippen LogP contribution in [0.15, 0.2) is 39.8 Å². The fraction of sp³-hybridized carbons (Fsp3) is 0.450. The van der Waals surface area contributed by atoms with Crippen molar-refractivity contribution in [2.75, 3.05) is 13.1 Å². The summed E-state index contributed by atoms with van der Waals surface area (Å²) in [5.41, 5.74) is 1.09. The van der Waals surface area contributed by atoms with Gasteiger partial charge in [-0.3, -0.25) is 9.59 Å². The van der Waals surface area contributed by atoms with E-state index in [0.29, 0.717) is 17.9 Å². The second-order valence-electron chi connectivity index (χ2n) is 7.34. The van der Waals surface area contributed by atoms with Gasteiger partial charge in [0.25, 0.3) is 5.91 Å². The summed E-state index contributed by atoms with van der Waals surface area (Å²) in [4.78, 5) is 27.6. The number of carbonyl (C=O) groups is 2. The smallest absolute Gasteiger partial charge is 0.255 e. The molecule has 0 unspecified atom stereocenters. The first-order valence-electron chi connectivity index (χ1n) is 8.94. The first-order chi connectivity index (χ1) is 12.7. The van der Waals surface area contributed by atoms with Gasteiger partial charge in [0.15, 0.2) is 0 Å². The molecule has 2 rings (SSSR count). The van der Waals surface area contributed by atoms with Crippen molar-refractivity contribution in [3.8, 4) is 0 Å². The molecule has 0 bridgehead atoms. The van der Waals surface area contributed by atoms with E-state index in [1.807, 2.05) is 58.9 Å². The van der Waals surface area contributed by atoms with Crippen molar-refractivity contribution < 1.29 is 14.1 Å². The minimum atomic E-state index is -0.331. The van der Waals surface area contributed by atoms with Crippen LogP contribution in [0.2, 0.25) is 0 Å². The van der Waals surface area contributed by atoms with Crippen LogP contribution in [0.1, 0.15) is 49.5 Å². The summed E-state index contributed by atoms with van der Waals surface area (Å²) in [5, 5.41) is 6.78. The number of amides is 2. The van der Waals surface area contributed by atoms with Gasteiger partial charge in [-0.25, -0.2) is 0 Å². The molecule has 1 N–H and O–H groups in total. The quantitative estimate of drug-likeness (QED) is 0.732. The summed E-state index contributed by atoms with van der Waals surface area (Å²) in [6.07, 6.45) is 0. The molecule has 0 aliphatic rings. The third-order valence-electron chi connectivity index (χ3n) is 3.68. The normalized spacial score (nSPS) is 11.3. The van der Waals surface area contributed by atoms with Crippen LogP contribution in [-0.2, 0) is 10.5 Å². The Labute approximate surface area is 164 Å². The van der Waals surface area contributed by atoms with Gasteiger partial charge in [0.05, 0.1) is 23.6 Å². The van der Waals surface area contributed by atoms with E-state index in [-0.39, 0.29) is 23.9 Å². The number of aryl methyl sites for hydroxylation is 1. The van der Waals surface area contributed by atoms with Crippen molar-refractivity contribution in [1.29, 1.82) is 0 Å². The van der Waals surface area contributed by atoms with Gasteiger partial charge in [0.2, 0.25) is 5.91 Å². The van der Waals surface area contributed by atoms with Crippen LogP contribution in [0.3, 0.4) is 0 Å². The van der Waals surface area contributed by atoms with Crippen molar-refractivity contribution in [2.24, 2.45) is 0 Å². The molecule has 146 valence electrons. The zero-order valence-electron chi connectivity index (χ0n) is 16.5. The summed E-state index contributed by atoms with van der Waals surface area (Å²) in [6, 6.07) is 9.31. The third kappa shape index (κ3) is 6.43. The highest BCUT2D eigenvalue weighted by Crippen LogP contribution is 2.27. The Balaban J connectivity index is 2.10. The van der Waals surface area contributed by atoms with Gasteiger partial charge in [-0.15, -0.1) is 11.8 Å². The SMILES string of the molecule is CCN(CC(=O)NC(C)(C)C)C(=O)c1ccccc1SCc1cc(C)no1. The van der Waals surface area contributed by atoms with E-state index in [2.05, 4.69) is 10.5 Å².